The van der Waals surface area contributed by atoms with E-state index < -0.39 is 0 Å². The number of carbonyl (C=O) groups is 1. The maximum atomic E-state index is 12.2. The summed E-state index contributed by atoms with van der Waals surface area (Å²) in [5.74, 6) is 0.400. The number of aryl methyl sites for hydroxylation is 1. The van der Waals surface area contributed by atoms with E-state index in [2.05, 4.69) is 20.3 Å². The smallest absolute Gasteiger partial charge is 0.244 e. The third kappa shape index (κ3) is 3.67. The van der Waals surface area contributed by atoms with E-state index >= 15 is 0 Å². The molecule has 27 heavy (non-hydrogen) atoms. The number of hydrogen-bond acceptors (Lipinski definition) is 4. The minimum absolute atomic E-state index is 0.197. The van der Waals surface area contributed by atoms with Gasteiger partial charge in [-0.15, -0.1) is 0 Å². The van der Waals surface area contributed by atoms with E-state index in [-0.39, 0.29) is 12.5 Å². The third-order valence-electron chi connectivity index (χ3n) is 4.34. The van der Waals surface area contributed by atoms with Crippen LogP contribution in [0.5, 0.6) is 0 Å². The van der Waals surface area contributed by atoms with Crippen LogP contribution in [0, 0.1) is 6.92 Å². The van der Waals surface area contributed by atoms with Crippen LogP contribution in [0.3, 0.4) is 0 Å². The number of para-hydroxylation sites is 2. The molecule has 0 unspecified atom stereocenters. The first-order chi connectivity index (χ1) is 13.2. The normalized spacial score (nSPS) is 11.3. The van der Waals surface area contributed by atoms with Crippen LogP contribution < -0.4 is 5.32 Å². The number of nitrogens with zero attached hydrogens (tertiary/aromatic N) is 3. The molecule has 4 rings (SSSR count). The molecule has 0 saturated carbocycles. The van der Waals surface area contributed by atoms with Crippen LogP contribution >= 0.6 is 0 Å². The molecule has 0 spiro atoms. The predicted molar refractivity (Wildman–Crippen MR) is 107 cm³/mol. The van der Waals surface area contributed by atoms with E-state index in [1.54, 1.807) is 12.3 Å². The molecule has 0 radical (unpaired) electrons. The van der Waals surface area contributed by atoms with Crippen LogP contribution in [0.4, 0.5) is 0 Å². The molecule has 5 nitrogen and oxygen atoms in total. The Kier molecular flexibility index (Phi) is 4.58. The zero-order chi connectivity index (χ0) is 18.6. The minimum Gasteiger partial charge on any atom is -0.345 e. The van der Waals surface area contributed by atoms with E-state index in [1.165, 1.54) is 6.08 Å². The number of fused-ring (bicyclic) bond motifs is 2. The Balaban J connectivity index is 1.47. The Labute approximate surface area is 156 Å². The van der Waals surface area contributed by atoms with Crippen molar-refractivity contribution in [2.75, 3.05) is 0 Å². The summed E-state index contributed by atoms with van der Waals surface area (Å²) < 4.78 is 0. The summed E-state index contributed by atoms with van der Waals surface area (Å²) in [6.45, 7) is 2.23. The van der Waals surface area contributed by atoms with Crippen LogP contribution in [0.1, 0.15) is 17.1 Å². The number of aromatic nitrogens is 3. The first kappa shape index (κ1) is 16.8. The number of benzene rings is 2. The molecule has 1 N–H and O–H groups in total. The molecule has 1 amide bonds. The van der Waals surface area contributed by atoms with Gasteiger partial charge in [0.25, 0.3) is 0 Å². The van der Waals surface area contributed by atoms with Gasteiger partial charge in [0.15, 0.2) is 0 Å². The van der Waals surface area contributed by atoms with Gasteiger partial charge in [-0.05, 0) is 25.1 Å². The van der Waals surface area contributed by atoms with Crippen molar-refractivity contribution in [3.63, 3.8) is 0 Å². The lowest BCUT2D eigenvalue weighted by atomic mass is 10.1. The molecule has 132 valence electrons. The lowest BCUT2D eigenvalue weighted by molar-refractivity contribution is -0.116. The molecule has 0 saturated heterocycles. The molecule has 0 bridgehead atoms. The molecule has 4 aromatic rings. The Morgan fingerprint density at radius 2 is 1.89 bits per heavy atom. The summed E-state index contributed by atoms with van der Waals surface area (Å²) in [5.41, 5.74) is 3.56. The van der Waals surface area contributed by atoms with Crippen molar-refractivity contribution in [3.05, 3.63) is 84.0 Å². The average molecular weight is 354 g/mol. The molecule has 0 aliphatic carbocycles. The van der Waals surface area contributed by atoms with E-state index in [9.17, 15) is 4.79 Å². The summed E-state index contributed by atoms with van der Waals surface area (Å²) in [4.78, 5) is 25.6. The molecule has 2 aromatic heterocycles. The van der Waals surface area contributed by atoms with E-state index in [1.807, 2.05) is 61.5 Å². The van der Waals surface area contributed by atoms with Crippen molar-refractivity contribution >= 4 is 33.8 Å². The van der Waals surface area contributed by atoms with Gasteiger partial charge in [0.2, 0.25) is 5.91 Å². The maximum Gasteiger partial charge on any atom is 0.244 e. The van der Waals surface area contributed by atoms with Crippen LogP contribution in [0.2, 0.25) is 0 Å². The first-order valence-corrected chi connectivity index (χ1v) is 8.72. The molecule has 0 aliphatic heterocycles. The standard InChI is InChI=1S/C22H18N4O/c1-15-18-9-2-3-10-19(18)26-20(25-15)14-24-21(27)12-11-17-7-4-6-16-8-5-13-23-22(16)17/h2-13H,14H2,1H3,(H,24,27)/b12-11+. The second kappa shape index (κ2) is 7.33. The lowest BCUT2D eigenvalue weighted by Crippen LogP contribution is -2.21. The summed E-state index contributed by atoms with van der Waals surface area (Å²) in [6, 6.07) is 17.6. The summed E-state index contributed by atoms with van der Waals surface area (Å²) in [7, 11) is 0. The fourth-order valence-corrected chi connectivity index (χ4v) is 3.03. The van der Waals surface area contributed by atoms with E-state index in [0.717, 1.165) is 33.1 Å². The highest BCUT2D eigenvalue weighted by Crippen LogP contribution is 2.17. The molecule has 2 heterocycles. The monoisotopic (exact) mass is 354 g/mol. The highest BCUT2D eigenvalue weighted by Gasteiger charge is 2.05. The van der Waals surface area contributed by atoms with Crippen molar-refractivity contribution in [2.24, 2.45) is 0 Å². The third-order valence-corrected chi connectivity index (χ3v) is 4.34. The number of rotatable bonds is 4. The Morgan fingerprint density at radius 3 is 2.81 bits per heavy atom. The van der Waals surface area contributed by atoms with Gasteiger partial charge < -0.3 is 5.32 Å². The van der Waals surface area contributed by atoms with Crippen LogP contribution in [0.15, 0.2) is 66.9 Å². The van der Waals surface area contributed by atoms with Crippen LogP contribution in [0.25, 0.3) is 27.9 Å². The SMILES string of the molecule is Cc1nc(CNC(=O)/C=C/c2cccc3cccnc23)nc2ccccc12. The first-order valence-electron chi connectivity index (χ1n) is 8.72. The van der Waals surface area contributed by atoms with Crippen molar-refractivity contribution in [1.29, 1.82) is 0 Å². The zero-order valence-electron chi connectivity index (χ0n) is 14.9. The van der Waals surface area contributed by atoms with Gasteiger partial charge in [-0.2, -0.15) is 0 Å². The van der Waals surface area contributed by atoms with Crippen molar-refractivity contribution in [3.8, 4) is 0 Å². The minimum atomic E-state index is -0.197. The van der Waals surface area contributed by atoms with Crippen molar-refractivity contribution in [2.45, 2.75) is 13.5 Å². The van der Waals surface area contributed by atoms with Gasteiger partial charge in [-0.3, -0.25) is 9.78 Å². The Hall–Kier alpha value is -3.60. The molecule has 5 heteroatoms. The predicted octanol–water partition coefficient (Wildman–Crippen LogP) is 3.82. The average Bonchev–Trinajstić information content (AvgIpc) is 2.71. The second-order valence-corrected chi connectivity index (χ2v) is 6.22. The highest BCUT2D eigenvalue weighted by molar-refractivity contribution is 5.95. The highest BCUT2D eigenvalue weighted by atomic mass is 16.1. The fraction of sp³-hybridized carbons (Fsp3) is 0.0909. The van der Waals surface area contributed by atoms with E-state index in [4.69, 9.17) is 0 Å². The van der Waals surface area contributed by atoms with Gasteiger partial charge in [0, 0.05) is 34.3 Å². The van der Waals surface area contributed by atoms with Gasteiger partial charge in [0.05, 0.1) is 17.6 Å². The quantitative estimate of drug-likeness (QED) is 0.566. The lowest BCUT2D eigenvalue weighted by Gasteiger charge is -2.06. The second-order valence-electron chi connectivity index (χ2n) is 6.22. The molecule has 0 atom stereocenters. The van der Waals surface area contributed by atoms with Gasteiger partial charge in [0.1, 0.15) is 5.82 Å². The topological polar surface area (TPSA) is 67.8 Å². The van der Waals surface area contributed by atoms with Crippen LogP contribution in [-0.2, 0) is 11.3 Å². The molecule has 2 aromatic carbocycles. The number of amides is 1. The number of carbonyl (C=O) groups excluding carboxylic acids is 1. The number of hydrogen-bond donors (Lipinski definition) is 1. The summed E-state index contributed by atoms with van der Waals surface area (Å²) in [6.07, 6.45) is 5.04. The molecule has 0 fully saturated rings. The maximum absolute atomic E-state index is 12.2. The molecular weight excluding hydrogens is 336 g/mol. The Bertz CT molecular complexity index is 1160. The van der Waals surface area contributed by atoms with Crippen LogP contribution in [-0.4, -0.2) is 20.9 Å². The Morgan fingerprint density at radius 1 is 1.04 bits per heavy atom. The number of nitrogens with one attached hydrogen (secondary N) is 1. The number of pyridine rings is 1. The van der Waals surface area contributed by atoms with Crippen molar-refractivity contribution < 1.29 is 4.79 Å². The fourth-order valence-electron chi connectivity index (χ4n) is 3.03. The van der Waals surface area contributed by atoms with E-state index in [0.29, 0.717) is 5.82 Å². The molecule has 0 aliphatic rings. The van der Waals surface area contributed by atoms with Gasteiger partial charge in [-0.25, -0.2) is 9.97 Å². The van der Waals surface area contributed by atoms with Gasteiger partial charge in [-0.1, -0.05) is 42.5 Å². The summed E-state index contributed by atoms with van der Waals surface area (Å²) >= 11 is 0. The zero-order valence-corrected chi connectivity index (χ0v) is 14.9. The largest absolute Gasteiger partial charge is 0.345 e. The summed E-state index contributed by atoms with van der Waals surface area (Å²) in [5, 5.41) is 4.90. The van der Waals surface area contributed by atoms with Gasteiger partial charge >= 0.3 is 0 Å². The molecular formula is C22H18N4O. The van der Waals surface area contributed by atoms with Crippen molar-refractivity contribution in [1.82, 2.24) is 20.3 Å².